The van der Waals surface area contributed by atoms with Crippen LogP contribution in [0.3, 0.4) is 0 Å². The molecule has 0 radical (unpaired) electrons. The molecule has 6 heteroatoms. The molecule has 1 aliphatic heterocycles. The highest BCUT2D eigenvalue weighted by molar-refractivity contribution is 9.10. The summed E-state index contributed by atoms with van der Waals surface area (Å²) in [4.78, 5) is 3.64. The van der Waals surface area contributed by atoms with Crippen molar-refractivity contribution in [3.8, 4) is 0 Å². The minimum Gasteiger partial charge on any atom is -0.377 e. The molecule has 1 aromatic rings. The molecule has 0 spiro atoms. The van der Waals surface area contributed by atoms with E-state index in [9.17, 15) is 0 Å². The predicted octanol–water partition coefficient (Wildman–Crippen LogP) is 1.86. The highest BCUT2D eigenvalue weighted by atomic mass is 79.9. The van der Waals surface area contributed by atoms with Crippen molar-refractivity contribution in [2.75, 3.05) is 33.9 Å². The standard InChI is InChI=1S/C12H19BrN2O2S/c1-16-10-5-15(6-11(10)17-2)9(4-14)12-3-8(13)7-18-12/h3,7,9-11H,4-6,14H2,1-2H3. The fraction of sp³-hybridized carbons (Fsp3) is 0.667. The molecule has 3 atom stereocenters. The second-order valence-corrected chi connectivity index (χ2v) is 6.28. The molecule has 2 N–H and O–H groups in total. The Morgan fingerprint density at radius 1 is 1.44 bits per heavy atom. The van der Waals surface area contributed by atoms with Crippen LogP contribution in [-0.4, -0.2) is 51.0 Å². The molecule has 0 aromatic carbocycles. The van der Waals surface area contributed by atoms with Crippen molar-refractivity contribution in [2.24, 2.45) is 5.73 Å². The molecular weight excluding hydrogens is 316 g/mol. The van der Waals surface area contributed by atoms with Gasteiger partial charge in [0.25, 0.3) is 0 Å². The molecule has 2 heterocycles. The molecule has 0 bridgehead atoms. The van der Waals surface area contributed by atoms with E-state index < -0.39 is 0 Å². The number of likely N-dealkylation sites (tertiary alicyclic amines) is 1. The summed E-state index contributed by atoms with van der Waals surface area (Å²) in [5, 5.41) is 2.09. The molecule has 102 valence electrons. The topological polar surface area (TPSA) is 47.7 Å². The molecule has 1 aliphatic rings. The number of hydrogen-bond acceptors (Lipinski definition) is 5. The normalized spacial score (nSPS) is 26.7. The molecule has 4 nitrogen and oxygen atoms in total. The molecule has 1 aromatic heterocycles. The number of methoxy groups -OCH3 is 2. The van der Waals surface area contributed by atoms with Gasteiger partial charge in [-0.05, 0) is 22.0 Å². The van der Waals surface area contributed by atoms with Gasteiger partial charge >= 0.3 is 0 Å². The first-order chi connectivity index (χ1) is 8.69. The zero-order valence-corrected chi connectivity index (χ0v) is 13.0. The number of ether oxygens (including phenoxy) is 2. The minimum absolute atomic E-state index is 0.132. The van der Waals surface area contributed by atoms with Crippen molar-refractivity contribution in [1.82, 2.24) is 4.90 Å². The molecule has 1 saturated heterocycles. The van der Waals surface area contributed by atoms with Gasteiger partial charge in [0.1, 0.15) is 0 Å². The van der Waals surface area contributed by atoms with Crippen LogP contribution in [0.2, 0.25) is 0 Å². The molecule has 2 rings (SSSR count). The Morgan fingerprint density at radius 3 is 2.44 bits per heavy atom. The number of nitrogens with zero attached hydrogens (tertiary/aromatic N) is 1. The second kappa shape index (κ2) is 6.45. The summed E-state index contributed by atoms with van der Waals surface area (Å²) in [5.74, 6) is 0. The fourth-order valence-electron chi connectivity index (χ4n) is 2.43. The van der Waals surface area contributed by atoms with Crippen molar-refractivity contribution in [3.05, 3.63) is 20.8 Å². The smallest absolute Gasteiger partial charge is 0.0972 e. The third-order valence-corrected chi connectivity index (χ3v) is 5.22. The zero-order chi connectivity index (χ0) is 13.1. The summed E-state index contributed by atoms with van der Waals surface area (Å²) in [5.41, 5.74) is 5.94. The Balaban J connectivity index is 2.10. The lowest BCUT2D eigenvalue weighted by atomic mass is 10.2. The van der Waals surface area contributed by atoms with Gasteiger partial charge < -0.3 is 15.2 Å². The predicted molar refractivity (Wildman–Crippen MR) is 77.0 cm³/mol. The second-order valence-electron chi connectivity index (χ2n) is 4.42. The number of thiophene rings is 1. The Bertz CT molecular complexity index is 376. The maximum absolute atomic E-state index is 5.94. The Hall–Kier alpha value is 0.0200. The SMILES string of the molecule is COC1CN(C(CN)c2cc(Br)cs2)CC1OC. The van der Waals surface area contributed by atoms with Gasteiger partial charge in [-0.1, -0.05) is 0 Å². The van der Waals surface area contributed by atoms with Gasteiger partial charge in [0, 0.05) is 48.6 Å². The van der Waals surface area contributed by atoms with Crippen LogP contribution in [0.1, 0.15) is 10.9 Å². The molecule has 1 fully saturated rings. The van der Waals surface area contributed by atoms with Gasteiger partial charge in [-0.25, -0.2) is 0 Å². The van der Waals surface area contributed by atoms with E-state index in [4.69, 9.17) is 15.2 Å². The maximum Gasteiger partial charge on any atom is 0.0972 e. The average molecular weight is 335 g/mol. The highest BCUT2D eigenvalue weighted by Gasteiger charge is 2.36. The molecular formula is C12H19BrN2O2S. The molecule has 0 aliphatic carbocycles. The number of nitrogens with two attached hydrogens (primary N) is 1. The van der Waals surface area contributed by atoms with E-state index in [0.717, 1.165) is 17.6 Å². The van der Waals surface area contributed by atoms with Crippen LogP contribution in [0, 0.1) is 0 Å². The van der Waals surface area contributed by atoms with Crippen molar-refractivity contribution < 1.29 is 9.47 Å². The van der Waals surface area contributed by atoms with E-state index in [1.165, 1.54) is 4.88 Å². The van der Waals surface area contributed by atoms with Gasteiger partial charge in [-0.3, -0.25) is 4.90 Å². The van der Waals surface area contributed by atoms with Crippen LogP contribution in [0.4, 0.5) is 0 Å². The van der Waals surface area contributed by atoms with E-state index in [0.29, 0.717) is 6.54 Å². The number of rotatable bonds is 5. The van der Waals surface area contributed by atoms with Gasteiger partial charge in [0.15, 0.2) is 0 Å². The third-order valence-electron chi connectivity index (χ3n) is 3.43. The van der Waals surface area contributed by atoms with E-state index in [-0.39, 0.29) is 18.2 Å². The molecule has 3 unspecified atom stereocenters. The monoisotopic (exact) mass is 334 g/mol. The molecule has 18 heavy (non-hydrogen) atoms. The van der Waals surface area contributed by atoms with Crippen LogP contribution in [-0.2, 0) is 9.47 Å². The highest BCUT2D eigenvalue weighted by Crippen LogP contribution is 2.32. The summed E-state index contributed by atoms with van der Waals surface area (Å²) in [6, 6.07) is 2.39. The largest absolute Gasteiger partial charge is 0.377 e. The summed E-state index contributed by atoms with van der Waals surface area (Å²) in [6.45, 7) is 2.35. The van der Waals surface area contributed by atoms with Crippen molar-refractivity contribution in [1.29, 1.82) is 0 Å². The fourth-order valence-corrected chi connectivity index (χ4v) is 4.02. The average Bonchev–Trinajstić information content (AvgIpc) is 2.97. The van der Waals surface area contributed by atoms with Crippen LogP contribution < -0.4 is 5.73 Å². The quantitative estimate of drug-likeness (QED) is 0.892. The lowest BCUT2D eigenvalue weighted by molar-refractivity contribution is -0.00461. The number of hydrogen-bond donors (Lipinski definition) is 1. The molecule has 0 amide bonds. The van der Waals surface area contributed by atoms with Crippen LogP contribution in [0.5, 0.6) is 0 Å². The first kappa shape index (κ1) is 14.4. The van der Waals surface area contributed by atoms with E-state index in [2.05, 4.69) is 32.3 Å². The summed E-state index contributed by atoms with van der Waals surface area (Å²) in [7, 11) is 3.47. The molecule has 0 saturated carbocycles. The third kappa shape index (κ3) is 2.95. The van der Waals surface area contributed by atoms with E-state index in [1.807, 2.05) is 0 Å². The van der Waals surface area contributed by atoms with Crippen LogP contribution >= 0.6 is 27.3 Å². The first-order valence-electron chi connectivity index (χ1n) is 5.93. The van der Waals surface area contributed by atoms with Gasteiger partial charge in [-0.15, -0.1) is 11.3 Å². The lowest BCUT2D eigenvalue weighted by Gasteiger charge is -2.25. The van der Waals surface area contributed by atoms with Crippen LogP contribution in [0.25, 0.3) is 0 Å². The van der Waals surface area contributed by atoms with Crippen molar-refractivity contribution in [2.45, 2.75) is 18.2 Å². The van der Waals surface area contributed by atoms with Crippen molar-refractivity contribution >= 4 is 27.3 Å². The van der Waals surface area contributed by atoms with Gasteiger partial charge in [0.2, 0.25) is 0 Å². The summed E-state index contributed by atoms with van der Waals surface area (Å²) in [6.07, 6.45) is 0.264. The summed E-state index contributed by atoms with van der Waals surface area (Å²) < 4.78 is 12.1. The Morgan fingerprint density at radius 2 is 2.06 bits per heavy atom. The Kier molecular flexibility index (Phi) is 5.17. The minimum atomic E-state index is 0.132. The Labute approximate surface area is 120 Å². The van der Waals surface area contributed by atoms with E-state index >= 15 is 0 Å². The van der Waals surface area contributed by atoms with E-state index in [1.54, 1.807) is 25.6 Å². The maximum atomic E-state index is 5.94. The lowest BCUT2D eigenvalue weighted by Crippen LogP contribution is -2.32. The summed E-state index contributed by atoms with van der Waals surface area (Å²) >= 11 is 5.23. The first-order valence-corrected chi connectivity index (χ1v) is 7.60. The van der Waals surface area contributed by atoms with Gasteiger partial charge in [0.05, 0.1) is 18.2 Å². The zero-order valence-electron chi connectivity index (χ0n) is 10.6. The van der Waals surface area contributed by atoms with Crippen molar-refractivity contribution in [3.63, 3.8) is 0 Å². The van der Waals surface area contributed by atoms with Crippen LogP contribution in [0.15, 0.2) is 15.9 Å². The van der Waals surface area contributed by atoms with Gasteiger partial charge in [-0.2, -0.15) is 0 Å². The number of halogens is 1.